The molecular formula is C14H18F3NO2. The van der Waals surface area contributed by atoms with E-state index in [0.29, 0.717) is 12.6 Å². The molecule has 1 aromatic carbocycles. The molecule has 1 aromatic rings. The van der Waals surface area contributed by atoms with E-state index in [2.05, 4.69) is 10.1 Å². The first-order valence-electron chi connectivity index (χ1n) is 6.61. The number of halogens is 3. The lowest BCUT2D eigenvalue weighted by molar-refractivity contribution is -0.153. The molecule has 1 N–H and O–H groups in total. The van der Waals surface area contributed by atoms with Crippen LogP contribution >= 0.6 is 0 Å². The second-order valence-corrected chi connectivity index (χ2v) is 4.96. The van der Waals surface area contributed by atoms with Crippen LogP contribution in [-0.4, -0.2) is 31.5 Å². The summed E-state index contributed by atoms with van der Waals surface area (Å²) in [6.45, 7) is 1.48. The van der Waals surface area contributed by atoms with Gasteiger partial charge in [0.15, 0.2) is 6.61 Å². The minimum atomic E-state index is -4.31. The second-order valence-electron chi connectivity index (χ2n) is 4.96. The van der Waals surface area contributed by atoms with Gasteiger partial charge in [-0.3, -0.25) is 0 Å². The predicted molar refractivity (Wildman–Crippen MR) is 70.1 cm³/mol. The summed E-state index contributed by atoms with van der Waals surface area (Å²) in [6.07, 6.45) is -1.71. The summed E-state index contributed by atoms with van der Waals surface area (Å²) in [5.41, 5.74) is 0.840. The van der Waals surface area contributed by atoms with Crippen LogP contribution in [0, 0.1) is 0 Å². The van der Waals surface area contributed by atoms with E-state index in [-0.39, 0.29) is 11.9 Å². The van der Waals surface area contributed by atoms with Crippen molar-refractivity contribution in [1.29, 1.82) is 0 Å². The van der Waals surface area contributed by atoms with Crippen LogP contribution in [0.15, 0.2) is 24.3 Å². The average molecular weight is 289 g/mol. The molecule has 1 aliphatic rings. The van der Waals surface area contributed by atoms with Gasteiger partial charge in [0.05, 0.1) is 12.2 Å². The number of rotatable bonds is 5. The van der Waals surface area contributed by atoms with Gasteiger partial charge >= 0.3 is 6.18 Å². The van der Waals surface area contributed by atoms with Gasteiger partial charge in [0.2, 0.25) is 0 Å². The number of nitrogens with one attached hydrogen (secondary N) is 1. The Hall–Kier alpha value is -1.43. The van der Waals surface area contributed by atoms with Crippen LogP contribution in [0.5, 0.6) is 5.75 Å². The van der Waals surface area contributed by atoms with Crippen molar-refractivity contribution < 1.29 is 22.6 Å². The maximum Gasteiger partial charge on any atom is 0.422 e. The van der Waals surface area contributed by atoms with Gasteiger partial charge < -0.3 is 14.8 Å². The van der Waals surface area contributed by atoms with Crippen molar-refractivity contribution >= 4 is 5.69 Å². The molecule has 0 saturated carbocycles. The van der Waals surface area contributed by atoms with E-state index in [0.717, 1.165) is 18.5 Å². The van der Waals surface area contributed by atoms with Gasteiger partial charge in [0, 0.05) is 12.2 Å². The van der Waals surface area contributed by atoms with Gasteiger partial charge in [-0.2, -0.15) is 13.2 Å². The molecule has 0 aliphatic carbocycles. The fraction of sp³-hybridized carbons (Fsp3) is 0.571. The van der Waals surface area contributed by atoms with Crippen LogP contribution in [0.1, 0.15) is 19.8 Å². The van der Waals surface area contributed by atoms with Gasteiger partial charge in [-0.1, -0.05) is 0 Å². The Morgan fingerprint density at radius 3 is 2.50 bits per heavy atom. The quantitative estimate of drug-likeness (QED) is 0.898. The van der Waals surface area contributed by atoms with Crippen molar-refractivity contribution in [3.05, 3.63) is 24.3 Å². The van der Waals surface area contributed by atoms with E-state index in [1.165, 1.54) is 12.1 Å². The molecular weight excluding hydrogens is 271 g/mol. The van der Waals surface area contributed by atoms with Gasteiger partial charge in [0.25, 0.3) is 0 Å². The van der Waals surface area contributed by atoms with Crippen molar-refractivity contribution in [1.82, 2.24) is 0 Å². The van der Waals surface area contributed by atoms with Crippen molar-refractivity contribution in [3.8, 4) is 5.75 Å². The summed E-state index contributed by atoms with van der Waals surface area (Å²) in [4.78, 5) is 0. The molecule has 1 saturated heterocycles. The third-order valence-corrected chi connectivity index (χ3v) is 3.11. The van der Waals surface area contributed by atoms with Gasteiger partial charge in [-0.05, 0) is 44.0 Å². The fourth-order valence-corrected chi connectivity index (χ4v) is 2.10. The first-order valence-corrected chi connectivity index (χ1v) is 6.61. The lowest BCUT2D eigenvalue weighted by atomic mass is 10.2. The maximum atomic E-state index is 12.0. The monoisotopic (exact) mass is 289 g/mol. The zero-order valence-electron chi connectivity index (χ0n) is 11.2. The largest absolute Gasteiger partial charge is 0.484 e. The van der Waals surface area contributed by atoms with Crippen molar-refractivity contribution in [3.63, 3.8) is 0 Å². The van der Waals surface area contributed by atoms with Crippen LogP contribution in [0.2, 0.25) is 0 Å². The molecule has 0 amide bonds. The Kier molecular flexibility index (Phi) is 4.75. The fourth-order valence-electron chi connectivity index (χ4n) is 2.10. The van der Waals surface area contributed by atoms with Crippen LogP contribution in [-0.2, 0) is 4.74 Å². The molecule has 2 atom stereocenters. The zero-order valence-corrected chi connectivity index (χ0v) is 11.2. The number of benzene rings is 1. The highest BCUT2D eigenvalue weighted by Crippen LogP contribution is 2.22. The molecule has 0 aromatic heterocycles. The Labute approximate surface area is 116 Å². The average Bonchev–Trinajstić information content (AvgIpc) is 2.80. The third kappa shape index (κ3) is 4.92. The minimum absolute atomic E-state index is 0.200. The molecule has 2 unspecified atom stereocenters. The standard InChI is InChI=1S/C14H18F3NO2/c1-10-2-5-13(20-10)8-18-11-3-6-12(7-4-11)19-9-14(15,16)17/h3-4,6-7,10,13,18H,2,5,8-9H2,1H3. The van der Waals surface area contributed by atoms with E-state index < -0.39 is 12.8 Å². The molecule has 0 spiro atoms. The molecule has 2 rings (SSSR count). The highest BCUT2D eigenvalue weighted by molar-refractivity contribution is 5.46. The highest BCUT2D eigenvalue weighted by atomic mass is 19.4. The number of ether oxygens (including phenoxy) is 2. The van der Waals surface area contributed by atoms with E-state index >= 15 is 0 Å². The minimum Gasteiger partial charge on any atom is -0.484 e. The lowest BCUT2D eigenvalue weighted by Crippen LogP contribution is -2.20. The van der Waals surface area contributed by atoms with E-state index in [9.17, 15) is 13.2 Å². The number of hydrogen-bond acceptors (Lipinski definition) is 3. The number of hydrogen-bond donors (Lipinski definition) is 1. The summed E-state index contributed by atoms with van der Waals surface area (Å²) in [5.74, 6) is 0.207. The van der Waals surface area contributed by atoms with Crippen molar-refractivity contribution in [2.45, 2.75) is 38.1 Å². The van der Waals surface area contributed by atoms with Gasteiger partial charge in [0.1, 0.15) is 5.75 Å². The van der Waals surface area contributed by atoms with E-state index in [4.69, 9.17) is 4.74 Å². The van der Waals surface area contributed by atoms with Gasteiger partial charge in [-0.25, -0.2) is 0 Å². The SMILES string of the molecule is CC1CCC(CNc2ccc(OCC(F)(F)F)cc2)O1. The summed E-state index contributed by atoms with van der Waals surface area (Å²) in [7, 11) is 0. The Morgan fingerprint density at radius 2 is 1.95 bits per heavy atom. The summed E-state index contributed by atoms with van der Waals surface area (Å²) < 4.78 is 46.3. The molecule has 6 heteroatoms. The smallest absolute Gasteiger partial charge is 0.422 e. The van der Waals surface area contributed by atoms with E-state index in [1.54, 1.807) is 12.1 Å². The topological polar surface area (TPSA) is 30.5 Å². The molecule has 20 heavy (non-hydrogen) atoms. The van der Waals surface area contributed by atoms with Crippen LogP contribution in [0.3, 0.4) is 0 Å². The maximum absolute atomic E-state index is 12.0. The Balaban J connectivity index is 1.76. The molecule has 112 valence electrons. The second kappa shape index (κ2) is 6.35. The third-order valence-electron chi connectivity index (χ3n) is 3.11. The van der Waals surface area contributed by atoms with Crippen LogP contribution < -0.4 is 10.1 Å². The molecule has 1 heterocycles. The normalized spacial score (nSPS) is 22.8. The summed E-state index contributed by atoms with van der Waals surface area (Å²) in [5, 5.41) is 3.20. The molecule has 0 bridgehead atoms. The zero-order chi connectivity index (χ0) is 14.6. The molecule has 0 radical (unpaired) electrons. The van der Waals surface area contributed by atoms with Crippen LogP contribution in [0.25, 0.3) is 0 Å². The van der Waals surface area contributed by atoms with Crippen LogP contribution in [0.4, 0.5) is 18.9 Å². The van der Waals surface area contributed by atoms with Crippen molar-refractivity contribution in [2.24, 2.45) is 0 Å². The highest BCUT2D eigenvalue weighted by Gasteiger charge is 2.28. The Morgan fingerprint density at radius 1 is 1.25 bits per heavy atom. The predicted octanol–water partition coefficient (Wildman–Crippen LogP) is 3.61. The summed E-state index contributed by atoms with van der Waals surface area (Å²) >= 11 is 0. The molecule has 3 nitrogen and oxygen atoms in total. The van der Waals surface area contributed by atoms with Gasteiger partial charge in [-0.15, -0.1) is 0 Å². The molecule has 1 fully saturated rings. The number of alkyl halides is 3. The molecule has 1 aliphatic heterocycles. The lowest BCUT2D eigenvalue weighted by Gasteiger charge is -2.14. The summed E-state index contributed by atoms with van der Waals surface area (Å²) in [6, 6.07) is 6.44. The first kappa shape index (κ1) is 15.0. The first-order chi connectivity index (χ1) is 9.42. The van der Waals surface area contributed by atoms with E-state index in [1.807, 2.05) is 6.92 Å². The Bertz CT molecular complexity index is 419. The van der Waals surface area contributed by atoms with Crippen molar-refractivity contribution in [2.75, 3.05) is 18.5 Å². The number of anilines is 1.